The summed E-state index contributed by atoms with van der Waals surface area (Å²) >= 11 is 0. The number of rotatable bonds is 10. The van der Waals surface area contributed by atoms with E-state index in [1.807, 2.05) is 18.7 Å². The van der Waals surface area contributed by atoms with Gasteiger partial charge in [-0.1, -0.05) is 0 Å². The normalized spacial score (nSPS) is 14.7. The third kappa shape index (κ3) is 7.21. The van der Waals surface area contributed by atoms with Crippen LogP contribution in [0.2, 0.25) is 0 Å². The fourth-order valence-corrected chi connectivity index (χ4v) is 3.15. The quantitative estimate of drug-likeness (QED) is 0.591. The van der Waals surface area contributed by atoms with Gasteiger partial charge in [-0.3, -0.25) is 14.5 Å². The monoisotopic (exact) mass is 407 g/mol. The van der Waals surface area contributed by atoms with Crippen LogP contribution >= 0.6 is 0 Å². The minimum absolute atomic E-state index is 0.00589. The summed E-state index contributed by atoms with van der Waals surface area (Å²) in [5, 5.41) is 2.89. The number of carbonyl (C=O) groups is 2. The molecule has 0 aliphatic carbocycles. The molecule has 8 nitrogen and oxygen atoms in total. The fourth-order valence-electron chi connectivity index (χ4n) is 3.15. The smallest absolute Gasteiger partial charge is 0.254 e. The molecular formula is C21H33N3O5. The standard InChI is InChI=1S/C21H33N3O5/c1-16(2)29-18-7-6-17(14-19(18)28-4)21(26)24-11-9-23(10-12-24)15-20(25)22-8-5-13-27-3/h6-7,14,16H,5,8-13,15H2,1-4H3,(H,22,25). The van der Waals surface area contributed by atoms with E-state index in [0.717, 1.165) is 6.42 Å². The first kappa shape index (κ1) is 23.0. The molecule has 8 heteroatoms. The number of benzene rings is 1. The van der Waals surface area contributed by atoms with Crippen LogP contribution in [0, 0.1) is 0 Å². The van der Waals surface area contributed by atoms with Crippen LogP contribution in [0.25, 0.3) is 0 Å². The van der Waals surface area contributed by atoms with Gasteiger partial charge in [-0.2, -0.15) is 0 Å². The van der Waals surface area contributed by atoms with Crippen molar-refractivity contribution in [1.29, 1.82) is 0 Å². The maximum atomic E-state index is 12.9. The van der Waals surface area contributed by atoms with Crippen molar-refractivity contribution >= 4 is 11.8 Å². The predicted molar refractivity (Wildman–Crippen MR) is 111 cm³/mol. The Bertz CT molecular complexity index is 672. The average molecular weight is 408 g/mol. The van der Waals surface area contributed by atoms with Gasteiger partial charge in [0, 0.05) is 52.0 Å². The van der Waals surface area contributed by atoms with E-state index in [9.17, 15) is 9.59 Å². The van der Waals surface area contributed by atoms with E-state index in [4.69, 9.17) is 14.2 Å². The highest BCUT2D eigenvalue weighted by molar-refractivity contribution is 5.95. The number of ether oxygens (including phenoxy) is 3. The van der Waals surface area contributed by atoms with Crippen LogP contribution in [-0.2, 0) is 9.53 Å². The number of amides is 2. The van der Waals surface area contributed by atoms with Gasteiger partial charge in [0.15, 0.2) is 11.5 Å². The van der Waals surface area contributed by atoms with E-state index < -0.39 is 0 Å². The minimum atomic E-state index is -0.0388. The van der Waals surface area contributed by atoms with Gasteiger partial charge in [0.2, 0.25) is 5.91 Å². The lowest BCUT2D eigenvalue weighted by atomic mass is 10.1. The maximum absolute atomic E-state index is 12.9. The number of carbonyl (C=O) groups excluding carboxylic acids is 2. The third-order valence-corrected chi connectivity index (χ3v) is 4.65. The molecule has 1 N–H and O–H groups in total. The molecule has 0 bridgehead atoms. The lowest BCUT2D eigenvalue weighted by Gasteiger charge is -2.34. The fraction of sp³-hybridized carbons (Fsp3) is 0.619. The van der Waals surface area contributed by atoms with Crippen LogP contribution in [-0.4, -0.2) is 87.8 Å². The molecule has 0 aromatic heterocycles. The Labute approximate surface area is 173 Å². The Balaban J connectivity index is 1.84. The molecule has 1 aliphatic heterocycles. The molecule has 1 aromatic carbocycles. The second-order valence-electron chi connectivity index (χ2n) is 7.30. The number of piperazine rings is 1. The molecule has 0 atom stereocenters. The van der Waals surface area contributed by atoms with Gasteiger partial charge >= 0.3 is 0 Å². The molecular weight excluding hydrogens is 374 g/mol. The maximum Gasteiger partial charge on any atom is 0.254 e. The van der Waals surface area contributed by atoms with Crippen molar-refractivity contribution in [2.75, 3.05) is 60.1 Å². The van der Waals surface area contributed by atoms with Gasteiger partial charge in [-0.15, -0.1) is 0 Å². The lowest BCUT2D eigenvalue weighted by molar-refractivity contribution is -0.122. The molecule has 1 fully saturated rings. The molecule has 1 saturated heterocycles. The SMILES string of the molecule is COCCCNC(=O)CN1CCN(C(=O)c2ccc(OC(C)C)c(OC)c2)CC1. The molecule has 0 radical (unpaired) electrons. The largest absolute Gasteiger partial charge is 0.493 e. The minimum Gasteiger partial charge on any atom is -0.493 e. The van der Waals surface area contributed by atoms with Crippen LogP contribution in [0.1, 0.15) is 30.6 Å². The van der Waals surface area contributed by atoms with Crippen molar-refractivity contribution in [2.45, 2.75) is 26.4 Å². The Morgan fingerprint density at radius 1 is 1.10 bits per heavy atom. The van der Waals surface area contributed by atoms with Crippen molar-refractivity contribution in [2.24, 2.45) is 0 Å². The molecule has 1 heterocycles. The van der Waals surface area contributed by atoms with Crippen molar-refractivity contribution < 1.29 is 23.8 Å². The summed E-state index contributed by atoms with van der Waals surface area (Å²) in [5.74, 6) is 1.14. The summed E-state index contributed by atoms with van der Waals surface area (Å²) in [4.78, 5) is 28.7. The van der Waals surface area contributed by atoms with Crippen LogP contribution in [0.4, 0.5) is 0 Å². The highest BCUT2D eigenvalue weighted by atomic mass is 16.5. The highest BCUT2D eigenvalue weighted by Crippen LogP contribution is 2.29. The second kappa shape index (κ2) is 11.6. The summed E-state index contributed by atoms with van der Waals surface area (Å²) in [6.07, 6.45) is 0.824. The van der Waals surface area contributed by atoms with E-state index in [2.05, 4.69) is 10.2 Å². The van der Waals surface area contributed by atoms with E-state index >= 15 is 0 Å². The summed E-state index contributed by atoms with van der Waals surface area (Å²) in [7, 11) is 3.21. The Morgan fingerprint density at radius 2 is 1.83 bits per heavy atom. The van der Waals surface area contributed by atoms with Crippen LogP contribution in [0.3, 0.4) is 0 Å². The molecule has 1 aliphatic rings. The number of nitrogens with zero attached hydrogens (tertiary/aromatic N) is 2. The summed E-state index contributed by atoms with van der Waals surface area (Å²) in [6, 6.07) is 5.26. The zero-order chi connectivity index (χ0) is 21.2. The molecule has 2 amide bonds. The van der Waals surface area contributed by atoms with Gasteiger partial charge in [0.25, 0.3) is 5.91 Å². The molecule has 0 saturated carbocycles. The zero-order valence-electron chi connectivity index (χ0n) is 17.9. The van der Waals surface area contributed by atoms with Gasteiger partial charge in [-0.25, -0.2) is 0 Å². The first-order valence-corrected chi connectivity index (χ1v) is 10.1. The topological polar surface area (TPSA) is 80.3 Å². The van der Waals surface area contributed by atoms with E-state index in [1.54, 1.807) is 32.4 Å². The first-order chi connectivity index (χ1) is 13.9. The summed E-state index contributed by atoms with van der Waals surface area (Å²) in [6.45, 7) is 8.00. The molecule has 29 heavy (non-hydrogen) atoms. The van der Waals surface area contributed by atoms with Crippen molar-refractivity contribution in [1.82, 2.24) is 15.1 Å². The van der Waals surface area contributed by atoms with Crippen LogP contribution in [0.15, 0.2) is 18.2 Å². The molecule has 1 aromatic rings. The Hall–Kier alpha value is -2.32. The Morgan fingerprint density at radius 3 is 2.45 bits per heavy atom. The van der Waals surface area contributed by atoms with Gasteiger partial charge < -0.3 is 24.4 Å². The molecule has 2 rings (SSSR count). The van der Waals surface area contributed by atoms with Crippen LogP contribution < -0.4 is 14.8 Å². The van der Waals surface area contributed by atoms with E-state index in [0.29, 0.717) is 62.9 Å². The average Bonchev–Trinajstić information content (AvgIpc) is 2.71. The molecule has 0 spiro atoms. The van der Waals surface area contributed by atoms with E-state index in [-0.39, 0.29) is 17.9 Å². The number of methoxy groups -OCH3 is 2. The van der Waals surface area contributed by atoms with Crippen LogP contribution in [0.5, 0.6) is 11.5 Å². The van der Waals surface area contributed by atoms with Gasteiger partial charge in [0.05, 0.1) is 19.8 Å². The predicted octanol–water partition coefficient (Wildman–Crippen LogP) is 1.39. The van der Waals surface area contributed by atoms with E-state index in [1.165, 1.54) is 0 Å². The van der Waals surface area contributed by atoms with Gasteiger partial charge in [-0.05, 0) is 38.5 Å². The second-order valence-corrected chi connectivity index (χ2v) is 7.30. The number of nitrogens with one attached hydrogen (secondary N) is 1. The third-order valence-electron chi connectivity index (χ3n) is 4.65. The first-order valence-electron chi connectivity index (χ1n) is 10.1. The Kier molecular flexibility index (Phi) is 9.21. The molecule has 162 valence electrons. The molecule has 0 unspecified atom stereocenters. The number of hydrogen-bond acceptors (Lipinski definition) is 6. The zero-order valence-corrected chi connectivity index (χ0v) is 17.9. The number of hydrogen-bond donors (Lipinski definition) is 1. The lowest BCUT2D eigenvalue weighted by Crippen LogP contribution is -2.51. The van der Waals surface area contributed by atoms with Crippen molar-refractivity contribution in [3.05, 3.63) is 23.8 Å². The van der Waals surface area contributed by atoms with Crippen molar-refractivity contribution in [3.63, 3.8) is 0 Å². The summed E-state index contributed by atoms with van der Waals surface area (Å²) in [5.41, 5.74) is 0.572. The summed E-state index contributed by atoms with van der Waals surface area (Å²) < 4.78 is 16.1. The van der Waals surface area contributed by atoms with Crippen molar-refractivity contribution in [3.8, 4) is 11.5 Å². The van der Waals surface area contributed by atoms with Gasteiger partial charge in [0.1, 0.15) is 0 Å². The highest BCUT2D eigenvalue weighted by Gasteiger charge is 2.24.